The summed E-state index contributed by atoms with van der Waals surface area (Å²) in [5.74, 6) is 1.50. The number of sulfonamides is 1. The highest BCUT2D eigenvalue weighted by atomic mass is 32.2. The fourth-order valence-electron chi connectivity index (χ4n) is 2.25. The van der Waals surface area contributed by atoms with Gasteiger partial charge in [0, 0.05) is 19.7 Å². The Balaban J connectivity index is 1.74. The van der Waals surface area contributed by atoms with Gasteiger partial charge in [0.2, 0.25) is 10.0 Å². The zero-order valence-corrected chi connectivity index (χ0v) is 16.2. The van der Waals surface area contributed by atoms with E-state index in [2.05, 4.69) is 15.6 Å². The molecule has 0 aliphatic carbocycles. The molecule has 1 aromatic heterocycles. The van der Waals surface area contributed by atoms with Crippen LogP contribution in [0, 0.1) is 0 Å². The highest BCUT2D eigenvalue weighted by Crippen LogP contribution is 2.09. The van der Waals surface area contributed by atoms with E-state index in [-0.39, 0.29) is 4.90 Å². The lowest BCUT2D eigenvalue weighted by atomic mass is 10.2. The van der Waals surface area contributed by atoms with Gasteiger partial charge in [-0.2, -0.15) is 0 Å². The number of hydrogen-bond donors (Lipinski definition) is 3. The maximum absolute atomic E-state index is 11.3. The molecule has 0 unspecified atom stereocenters. The van der Waals surface area contributed by atoms with E-state index < -0.39 is 10.0 Å². The van der Waals surface area contributed by atoms with Crippen molar-refractivity contribution in [2.75, 3.05) is 19.7 Å². The van der Waals surface area contributed by atoms with Crippen LogP contribution >= 0.6 is 0 Å². The Hall–Kier alpha value is -2.36. The Bertz CT molecular complexity index is 802. The van der Waals surface area contributed by atoms with Gasteiger partial charge in [-0.25, -0.2) is 18.5 Å². The molecular weight excluding hydrogens is 368 g/mol. The van der Waals surface area contributed by atoms with Crippen LogP contribution in [0.15, 0.2) is 57.0 Å². The Labute approximate surface area is 159 Å². The van der Waals surface area contributed by atoms with E-state index in [0.717, 1.165) is 24.3 Å². The Morgan fingerprint density at radius 3 is 2.63 bits per heavy atom. The molecule has 0 radical (unpaired) electrons. The van der Waals surface area contributed by atoms with Crippen LogP contribution in [0.4, 0.5) is 0 Å². The highest BCUT2D eigenvalue weighted by molar-refractivity contribution is 7.89. The van der Waals surface area contributed by atoms with Crippen molar-refractivity contribution in [2.24, 2.45) is 10.1 Å². The van der Waals surface area contributed by atoms with Crippen molar-refractivity contribution in [1.82, 2.24) is 10.6 Å². The van der Waals surface area contributed by atoms with E-state index in [9.17, 15) is 8.42 Å². The predicted octanol–water partition coefficient (Wildman–Crippen LogP) is 1.59. The van der Waals surface area contributed by atoms with Gasteiger partial charge in [-0.05, 0) is 43.2 Å². The minimum absolute atomic E-state index is 0.0924. The van der Waals surface area contributed by atoms with Gasteiger partial charge in [0.1, 0.15) is 12.4 Å². The first-order valence-corrected chi connectivity index (χ1v) is 10.3. The number of nitrogens with two attached hydrogens (primary N) is 1. The maximum Gasteiger partial charge on any atom is 0.238 e. The number of nitrogens with one attached hydrogen (secondary N) is 2. The van der Waals surface area contributed by atoms with Crippen molar-refractivity contribution in [1.29, 1.82) is 0 Å². The van der Waals surface area contributed by atoms with Gasteiger partial charge >= 0.3 is 0 Å². The van der Waals surface area contributed by atoms with Gasteiger partial charge in [-0.15, -0.1) is 0 Å². The number of guanidine groups is 1. The highest BCUT2D eigenvalue weighted by Gasteiger charge is 2.06. The van der Waals surface area contributed by atoms with E-state index >= 15 is 0 Å². The smallest absolute Gasteiger partial charge is 0.238 e. The molecule has 0 bridgehead atoms. The molecule has 9 heteroatoms. The molecule has 2 aromatic rings. The largest absolute Gasteiger partial charge is 0.467 e. The van der Waals surface area contributed by atoms with Crippen molar-refractivity contribution in [3.8, 4) is 0 Å². The van der Waals surface area contributed by atoms with Crippen LogP contribution in [0.5, 0.6) is 0 Å². The molecule has 1 heterocycles. The van der Waals surface area contributed by atoms with Gasteiger partial charge in [0.15, 0.2) is 5.96 Å². The van der Waals surface area contributed by atoms with Crippen LogP contribution in [-0.4, -0.2) is 34.1 Å². The molecule has 0 fully saturated rings. The number of furan rings is 1. The third kappa shape index (κ3) is 7.81. The molecule has 4 N–H and O–H groups in total. The third-order valence-electron chi connectivity index (χ3n) is 3.60. The first-order chi connectivity index (χ1) is 13.0. The lowest BCUT2D eigenvalue weighted by Crippen LogP contribution is -2.38. The van der Waals surface area contributed by atoms with Crippen LogP contribution in [0.3, 0.4) is 0 Å². The second-order valence-electron chi connectivity index (χ2n) is 5.80. The number of hydrogen-bond acceptors (Lipinski definition) is 5. The topological polar surface area (TPSA) is 119 Å². The average Bonchev–Trinajstić information content (AvgIpc) is 3.15. The number of benzene rings is 1. The van der Waals surface area contributed by atoms with Gasteiger partial charge < -0.3 is 19.8 Å². The van der Waals surface area contributed by atoms with Crippen molar-refractivity contribution >= 4 is 16.0 Å². The van der Waals surface area contributed by atoms with Crippen LogP contribution in [0.1, 0.15) is 24.7 Å². The van der Waals surface area contributed by atoms with E-state index in [1.54, 1.807) is 18.4 Å². The van der Waals surface area contributed by atoms with E-state index in [4.69, 9.17) is 14.3 Å². The third-order valence-corrected chi connectivity index (χ3v) is 4.53. The zero-order chi connectivity index (χ0) is 19.5. The summed E-state index contributed by atoms with van der Waals surface area (Å²) in [4.78, 5) is 4.58. The van der Waals surface area contributed by atoms with Crippen LogP contribution in [-0.2, 0) is 27.9 Å². The van der Waals surface area contributed by atoms with Crippen molar-refractivity contribution in [2.45, 2.75) is 31.4 Å². The fraction of sp³-hybridized carbons (Fsp3) is 0.389. The fourth-order valence-corrected chi connectivity index (χ4v) is 2.76. The molecule has 148 valence electrons. The summed E-state index contributed by atoms with van der Waals surface area (Å²) in [5.41, 5.74) is 0.890. The second-order valence-corrected chi connectivity index (χ2v) is 7.36. The number of ether oxygens (including phenoxy) is 1. The lowest BCUT2D eigenvalue weighted by Gasteiger charge is -2.11. The minimum atomic E-state index is -3.67. The van der Waals surface area contributed by atoms with Crippen LogP contribution in [0.2, 0.25) is 0 Å². The van der Waals surface area contributed by atoms with Gasteiger partial charge in [0.25, 0.3) is 0 Å². The predicted molar refractivity (Wildman–Crippen MR) is 104 cm³/mol. The van der Waals surface area contributed by atoms with Crippen LogP contribution < -0.4 is 15.8 Å². The SMILES string of the molecule is CCNC(=NCc1ccc(S(N)(=O)=O)cc1)NCCCOCc1ccco1. The average molecular weight is 394 g/mol. The number of aliphatic imine (C=N–C) groups is 1. The Kier molecular flexibility index (Phi) is 8.31. The van der Waals surface area contributed by atoms with Crippen LogP contribution in [0.25, 0.3) is 0 Å². The summed E-state index contributed by atoms with van der Waals surface area (Å²) in [6.07, 6.45) is 2.45. The van der Waals surface area contributed by atoms with Gasteiger partial charge in [0.05, 0.1) is 17.7 Å². The Morgan fingerprint density at radius 1 is 1.22 bits per heavy atom. The summed E-state index contributed by atoms with van der Waals surface area (Å²) >= 11 is 0. The maximum atomic E-state index is 11.3. The summed E-state index contributed by atoms with van der Waals surface area (Å²) < 4.78 is 33.3. The van der Waals surface area contributed by atoms with E-state index in [1.165, 1.54) is 12.1 Å². The molecule has 2 rings (SSSR count). The van der Waals surface area contributed by atoms with E-state index in [1.807, 2.05) is 19.1 Å². The zero-order valence-electron chi connectivity index (χ0n) is 15.3. The molecule has 0 saturated heterocycles. The molecule has 0 aliphatic heterocycles. The summed E-state index contributed by atoms with van der Waals surface area (Å²) in [7, 11) is -3.67. The summed E-state index contributed by atoms with van der Waals surface area (Å²) in [6, 6.07) is 10.1. The first-order valence-electron chi connectivity index (χ1n) is 8.73. The molecular formula is C18H26N4O4S. The number of primary sulfonamides is 1. The van der Waals surface area contributed by atoms with Gasteiger partial charge in [-0.1, -0.05) is 12.1 Å². The van der Waals surface area contributed by atoms with Crippen molar-refractivity contribution in [3.63, 3.8) is 0 Å². The van der Waals surface area contributed by atoms with Crippen molar-refractivity contribution < 1.29 is 17.6 Å². The standard InChI is InChI=1S/C18H26N4O4S/c1-2-20-18(21-10-4-11-25-14-16-5-3-12-26-16)22-13-15-6-8-17(9-7-15)27(19,23)24/h3,5-9,12H,2,4,10-11,13-14H2,1H3,(H2,19,23,24)(H2,20,21,22). The molecule has 0 aliphatic rings. The van der Waals surface area contributed by atoms with E-state index in [0.29, 0.717) is 32.3 Å². The quantitative estimate of drug-likeness (QED) is 0.320. The number of nitrogens with zero attached hydrogens (tertiary/aromatic N) is 1. The first kappa shape index (κ1) is 20.9. The molecule has 0 amide bonds. The molecule has 27 heavy (non-hydrogen) atoms. The monoisotopic (exact) mass is 394 g/mol. The molecule has 0 spiro atoms. The van der Waals surface area contributed by atoms with Crippen molar-refractivity contribution in [3.05, 3.63) is 54.0 Å². The summed E-state index contributed by atoms with van der Waals surface area (Å²) in [5, 5.41) is 11.5. The molecule has 0 saturated carbocycles. The second kappa shape index (κ2) is 10.7. The molecule has 1 aromatic carbocycles. The Morgan fingerprint density at radius 2 is 2.00 bits per heavy atom. The lowest BCUT2D eigenvalue weighted by molar-refractivity contribution is 0.105. The minimum Gasteiger partial charge on any atom is -0.467 e. The number of rotatable bonds is 10. The normalized spacial score (nSPS) is 12.1. The van der Waals surface area contributed by atoms with Gasteiger partial charge in [-0.3, -0.25) is 0 Å². The summed E-state index contributed by atoms with van der Waals surface area (Å²) in [6.45, 7) is 4.96. The molecule has 0 atom stereocenters. The molecule has 8 nitrogen and oxygen atoms in total.